The lowest BCUT2D eigenvalue weighted by molar-refractivity contribution is 0.364. The molecule has 0 unspecified atom stereocenters. The van der Waals surface area contributed by atoms with E-state index in [1.807, 2.05) is 0 Å². The van der Waals surface area contributed by atoms with E-state index in [-0.39, 0.29) is 29.6 Å². The Morgan fingerprint density at radius 1 is 1.15 bits per heavy atom. The molecule has 146 valence electrons. The molecule has 0 aliphatic carbocycles. The minimum absolute atomic E-state index is 0.0301. The first-order valence-electron chi connectivity index (χ1n) is 7.42. The molecule has 1 aromatic carbocycles. The van der Waals surface area contributed by atoms with E-state index in [0.29, 0.717) is 17.9 Å². The fourth-order valence-corrected chi connectivity index (χ4v) is 3.18. The SMILES string of the molecule is Cc1cc(S(F)(F)(F)(F)F)ccc1N(Cc1cnco1)c1ccnc(N)n1. The van der Waals surface area contributed by atoms with Crippen molar-refractivity contribution in [3.63, 3.8) is 0 Å². The van der Waals surface area contributed by atoms with E-state index in [0.717, 1.165) is 6.07 Å². The maximum absolute atomic E-state index is 13.1. The zero-order valence-corrected chi connectivity index (χ0v) is 14.6. The van der Waals surface area contributed by atoms with Crippen LogP contribution in [0.5, 0.6) is 0 Å². The highest BCUT2D eigenvalue weighted by atomic mass is 32.5. The Hall–Kier alpha value is -2.89. The molecule has 0 radical (unpaired) electrons. The van der Waals surface area contributed by atoms with E-state index in [2.05, 4.69) is 15.0 Å². The first kappa shape index (κ1) is 18.9. The van der Waals surface area contributed by atoms with Gasteiger partial charge in [-0.1, -0.05) is 19.4 Å². The summed E-state index contributed by atoms with van der Waals surface area (Å²) in [6.07, 6.45) is 3.96. The van der Waals surface area contributed by atoms with Gasteiger partial charge in [0.15, 0.2) is 6.39 Å². The number of halogens is 5. The Morgan fingerprint density at radius 2 is 1.89 bits per heavy atom. The van der Waals surface area contributed by atoms with Crippen molar-refractivity contribution < 1.29 is 23.8 Å². The van der Waals surface area contributed by atoms with Crippen molar-refractivity contribution >= 4 is 27.7 Å². The van der Waals surface area contributed by atoms with Crippen molar-refractivity contribution in [1.29, 1.82) is 0 Å². The fraction of sp³-hybridized carbons (Fsp3) is 0.133. The third kappa shape index (κ3) is 4.27. The smallest absolute Gasteiger partial charge is 0.310 e. The van der Waals surface area contributed by atoms with Crippen LogP contribution in [0.3, 0.4) is 0 Å². The second-order valence-corrected chi connectivity index (χ2v) is 8.15. The normalized spacial score (nSPS) is 14.4. The molecule has 0 saturated carbocycles. The van der Waals surface area contributed by atoms with Gasteiger partial charge >= 0.3 is 10.2 Å². The lowest BCUT2D eigenvalue weighted by Gasteiger charge is -2.41. The number of nitrogens with zero attached hydrogens (tertiary/aromatic N) is 4. The van der Waals surface area contributed by atoms with Crippen molar-refractivity contribution in [3.05, 3.63) is 54.4 Å². The Kier molecular flexibility index (Phi) is 3.88. The monoisotopic (exact) mass is 407 g/mol. The highest BCUT2D eigenvalue weighted by Crippen LogP contribution is 3.02. The summed E-state index contributed by atoms with van der Waals surface area (Å²) < 4.78 is 70.5. The molecule has 3 aromatic rings. The first-order chi connectivity index (χ1) is 12.3. The van der Waals surface area contributed by atoms with E-state index in [9.17, 15) is 19.4 Å². The van der Waals surface area contributed by atoms with Crippen molar-refractivity contribution in [2.24, 2.45) is 0 Å². The minimum Gasteiger partial charge on any atom is -0.447 e. The summed E-state index contributed by atoms with van der Waals surface area (Å²) in [6, 6.07) is 3.19. The van der Waals surface area contributed by atoms with Crippen LogP contribution >= 0.6 is 10.2 Å². The number of nitrogen functional groups attached to an aromatic ring is 1. The predicted molar refractivity (Wildman–Crippen MR) is 91.4 cm³/mol. The van der Waals surface area contributed by atoms with Gasteiger partial charge < -0.3 is 15.1 Å². The summed E-state index contributed by atoms with van der Waals surface area (Å²) in [7, 11) is -9.78. The summed E-state index contributed by atoms with van der Waals surface area (Å²) in [6.45, 7) is 1.33. The van der Waals surface area contributed by atoms with E-state index in [1.54, 1.807) is 0 Å². The van der Waals surface area contributed by atoms with Gasteiger partial charge in [0.25, 0.3) is 0 Å². The zero-order valence-electron chi connectivity index (χ0n) is 13.8. The Bertz CT molecular complexity index is 979. The van der Waals surface area contributed by atoms with Gasteiger partial charge in [0, 0.05) is 11.9 Å². The quantitative estimate of drug-likeness (QED) is 0.574. The summed E-state index contributed by atoms with van der Waals surface area (Å²) in [4.78, 5) is 11.1. The number of rotatable bonds is 5. The van der Waals surface area contributed by atoms with Crippen LogP contribution in [0.15, 0.2) is 52.4 Å². The van der Waals surface area contributed by atoms with Crippen LogP contribution in [0.2, 0.25) is 0 Å². The molecule has 27 heavy (non-hydrogen) atoms. The molecule has 0 spiro atoms. The Balaban J connectivity index is 2.10. The lowest BCUT2D eigenvalue weighted by atomic mass is 10.1. The molecule has 0 atom stereocenters. The molecule has 12 heteroatoms. The third-order valence-electron chi connectivity index (χ3n) is 3.64. The fourth-order valence-electron chi connectivity index (χ4n) is 2.45. The highest BCUT2D eigenvalue weighted by Gasteiger charge is 2.65. The Labute approximate surface area is 150 Å². The van der Waals surface area contributed by atoms with E-state index < -0.39 is 15.1 Å². The van der Waals surface area contributed by atoms with Crippen molar-refractivity contribution in [2.75, 3.05) is 10.6 Å². The molecule has 2 aromatic heterocycles. The maximum atomic E-state index is 13.1. The summed E-state index contributed by atoms with van der Waals surface area (Å²) in [5.74, 6) is 0.571. The number of anilines is 3. The van der Waals surface area contributed by atoms with Gasteiger partial charge in [0.1, 0.15) is 16.5 Å². The molecule has 0 amide bonds. The average molecular weight is 407 g/mol. The van der Waals surface area contributed by atoms with Crippen LogP contribution in [-0.2, 0) is 6.54 Å². The molecular weight excluding hydrogens is 393 g/mol. The van der Waals surface area contributed by atoms with Crippen LogP contribution in [0, 0.1) is 6.92 Å². The maximum Gasteiger partial charge on any atom is 0.310 e. The van der Waals surface area contributed by atoms with Gasteiger partial charge in [-0.25, -0.2) is 9.97 Å². The molecule has 2 N–H and O–H groups in total. The van der Waals surface area contributed by atoms with Crippen molar-refractivity contribution in [2.45, 2.75) is 18.4 Å². The zero-order chi connectivity index (χ0) is 19.9. The molecule has 0 aliphatic rings. The number of aryl methyl sites for hydroxylation is 1. The van der Waals surface area contributed by atoms with Gasteiger partial charge in [-0.15, -0.1) is 0 Å². The predicted octanol–water partition coefficient (Wildman–Crippen LogP) is 5.35. The minimum atomic E-state index is -9.78. The number of aromatic nitrogens is 3. The highest BCUT2D eigenvalue weighted by molar-refractivity contribution is 8.45. The third-order valence-corrected chi connectivity index (χ3v) is 4.78. The molecule has 0 saturated heterocycles. The summed E-state index contributed by atoms with van der Waals surface area (Å²) in [5.41, 5.74) is 5.76. The number of benzene rings is 1. The molecular formula is C15H14F5N5OS. The van der Waals surface area contributed by atoms with Gasteiger partial charge in [0.2, 0.25) is 5.95 Å². The summed E-state index contributed by atoms with van der Waals surface area (Å²) >= 11 is 0. The number of nitrogens with two attached hydrogens (primary N) is 1. The molecule has 0 aliphatic heterocycles. The van der Waals surface area contributed by atoms with E-state index in [4.69, 9.17) is 10.2 Å². The van der Waals surface area contributed by atoms with Crippen LogP contribution in [0.1, 0.15) is 11.3 Å². The van der Waals surface area contributed by atoms with Crippen molar-refractivity contribution in [3.8, 4) is 0 Å². The van der Waals surface area contributed by atoms with Crippen LogP contribution < -0.4 is 10.6 Å². The van der Waals surface area contributed by atoms with Crippen LogP contribution in [0.25, 0.3) is 0 Å². The van der Waals surface area contributed by atoms with Gasteiger partial charge in [-0.2, -0.15) is 4.98 Å². The Morgan fingerprint density at radius 3 is 2.44 bits per heavy atom. The van der Waals surface area contributed by atoms with Gasteiger partial charge in [-0.05, 0) is 36.8 Å². The number of hydrogen-bond donors (Lipinski definition) is 1. The molecule has 2 heterocycles. The van der Waals surface area contributed by atoms with E-state index in [1.165, 1.54) is 36.7 Å². The molecule has 0 fully saturated rings. The van der Waals surface area contributed by atoms with Gasteiger partial charge in [0.05, 0.1) is 12.7 Å². The molecule has 0 bridgehead atoms. The largest absolute Gasteiger partial charge is 0.447 e. The summed E-state index contributed by atoms with van der Waals surface area (Å²) in [5, 5.41) is 0. The van der Waals surface area contributed by atoms with Crippen molar-refractivity contribution in [1.82, 2.24) is 15.0 Å². The topological polar surface area (TPSA) is 81.1 Å². The van der Waals surface area contributed by atoms with E-state index >= 15 is 0 Å². The number of oxazole rings is 1. The lowest BCUT2D eigenvalue weighted by Crippen LogP contribution is -2.19. The molecule has 6 nitrogen and oxygen atoms in total. The van der Waals surface area contributed by atoms with Crippen LogP contribution in [-0.4, -0.2) is 15.0 Å². The number of hydrogen-bond acceptors (Lipinski definition) is 6. The standard InChI is InChI=1S/C15H14F5N5OS/c1-10-6-12(27(16,17,18,19)20)2-3-13(10)25(8-11-7-22-9-26-11)14-4-5-23-15(21)24-14/h2-7,9H,8H2,1H3,(H2,21,23,24). The van der Waals surface area contributed by atoms with Crippen LogP contribution in [0.4, 0.5) is 36.9 Å². The average Bonchev–Trinajstić information content (AvgIpc) is 3.04. The van der Waals surface area contributed by atoms with Gasteiger partial charge in [-0.3, -0.25) is 0 Å². The molecule has 3 rings (SSSR count). The second-order valence-electron chi connectivity index (χ2n) is 5.74. The first-order valence-corrected chi connectivity index (χ1v) is 9.37. The second kappa shape index (κ2) is 5.55.